The van der Waals surface area contributed by atoms with E-state index in [1.54, 1.807) is 0 Å². The number of alkyl carbamates (subject to hydrolysis) is 1. The molecule has 134 valence electrons. The van der Waals surface area contributed by atoms with Crippen molar-refractivity contribution < 1.29 is 19.1 Å². The zero-order valence-corrected chi connectivity index (χ0v) is 14.3. The molecule has 1 aromatic heterocycles. The Hall–Kier alpha value is -3.35. The fourth-order valence-corrected chi connectivity index (χ4v) is 2.54. The lowest BCUT2D eigenvalue weighted by atomic mass is 10.2. The molecule has 1 heterocycles. The molecule has 2 N–H and O–H groups in total. The average molecular weight is 353 g/mol. The van der Waals surface area contributed by atoms with Crippen LogP contribution in [0.4, 0.5) is 4.79 Å². The first kappa shape index (κ1) is 17.5. The number of carbonyl (C=O) groups excluding carboxylic acids is 2. The number of amides is 1. The van der Waals surface area contributed by atoms with Crippen LogP contribution in [0.15, 0.2) is 54.6 Å². The second kappa shape index (κ2) is 8.15. The number of carbonyl (C=O) groups is 2. The molecule has 1 unspecified atom stereocenters. The molecule has 0 bridgehead atoms. The van der Waals surface area contributed by atoms with E-state index in [9.17, 15) is 9.59 Å². The van der Waals surface area contributed by atoms with E-state index in [-0.39, 0.29) is 13.0 Å². The fourth-order valence-electron chi connectivity index (χ4n) is 2.54. The lowest BCUT2D eigenvalue weighted by Crippen LogP contribution is -2.43. The quantitative estimate of drug-likeness (QED) is 0.665. The summed E-state index contributed by atoms with van der Waals surface area (Å²) in [6.07, 6.45) is -0.526. The molecule has 2 aromatic carbocycles. The Morgan fingerprint density at radius 3 is 2.58 bits per heavy atom. The number of nitrogens with zero attached hydrogens (tertiary/aromatic N) is 1. The fraction of sp³-hybridized carbons (Fsp3) is 0.211. The summed E-state index contributed by atoms with van der Waals surface area (Å²) >= 11 is 0. The highest BCUT2D eigenvalue weighted by Gasteiger charge is 2.24. The first-order chi connectivity index (χ1) is 12.7. The molecular weight excluding hydrogens is 334 g/mol. The molecule has 0 aliphatic heterocycles. The SMILES string of the molecule is COC(=O)C(Cc1nc2ccccc2[nH]1)NC(=O)OCc1ccccc1. The molecular formula is C19H19N3O4. The largest absolute Gasteiger partial charge is 0.467 e. The maximum Gasteiger partial charge on any atom is 0.408 e. The minimum absolute atomic E-state index is 0.116. The number of fused-ring (bicyclic) bond motifs is 1. The number of para-hydroxylation sites is 2. The Morgan fingerprint density at radius 1 is 1.12 bits per heavy atom. The van der Waals surface area contributed by atoms with Crippen LogP contribution in [0, 0.1) is 0 Å². The molecule has 7 heteroatoms. The minimum Gasteiger partial charge on any atom is -0.467 e. The van der Waals surface area contributed by atoms with Crippen molar-refractivity contribution in [2.45, 2.75) is 19.1 Å². The highest BCUT2D eigenvalue weighted by molar-refractivity contribution is 5.82. The van der Waals surface area contributed by atoms with Gasteiger partial charge in [-0.25, -0.2) is 14.6 Å². The van der Waals surface area contributed by atoms with Gasteiger partial charge >= 0.3 is 12.1 Å². The normalized spacial score (nSPS) is 11.7. The van der Waals surface area contributed by atoms with Crippen molar-refractivity contribution in [1.29, 1.82) is 0 Å². The van der Waals surface area contributed by atoms with Crippen LogP contribution in [0.25, 0.3) is 11.0 Å². The number of methoxy groups -OCH3 is 1. The van der Waals surface area contributed by atoms with E-state index in [1.807, 2.05) is 54.6 Å². The van der Waals surface area contributed by atoms with Crippen LogP contribution >= 0.6 is 0 Å². The van der Waals surface area contributed by atoms with Gasteiger partial charge in [0, 0.05) is 6.42 Å². The topological polar surface area (TPSA) is 93.3 Å². The Labute approximate surface area is 150 Å². The van der Waals surface area contributed by atoms with E-state index in [0.29, 0.717) is 5.82 Å². The highest BCUT2D eigenvalue weighted by Crippen LogP contribution is 2.12. The van der Waals surface area contributed by atoms with Crippen molar-refractivity contribution in [2.24, 2.45) is 0 Å². The van der Waals surface area contributed by atoms with E-state index in [1.165, 1.54) is 7.11 Å². The summed E-state index contributed by atoms with van der Waals surface area (Å²) in [5.41, 5.74) is 2.50. The van der Waals surface area contributed by atoms with Crippen LogP contribution in [0.2, 0.25) is 0 Å². The number of nitrogens with one attached hydrogen (secondary N) is 2. The molecule has 0 saturated heterocycles. The first-order valence-electron chi connectivity index (χ1n) is 8.14. The number of imidazole rings is 1. The number of hydrogen-bond donors (Lipinski definition) is 2. The first-order valence-corrected chi connectivity index (χ1v) is 8.14. The third-order valence-electron chi connectivity index (χ3n) is 3.83. The van der Waals surface area contributed by atoms with Crippen molar-refractivity contribution in [3.63, 3.8) is 0 Å². The van der Waals surface area contributed by atoms with Gasteiger partial charge in [-0.1, -0.05) is 42.5 Å². The summed E-state index contributed by atoms with van der Waals surface area (Å²) in [5, 5.41) is 2.54. The third-order valence-corrected chi connectivity index (χ3v) is 3.83. The molecule has 1 atom stereocenters. The summed E-state index contributed by atoms with van der Waals surface area (Å²) in [6.45, 7) is 0.116. The standard InChI is InChI=1S/C19H19N3O4/c1-25-18(23)16(11-17-20-14-9-5-6-10-15(14)21-17)22-19(24)26-12-13-7-3-2-4-8-13/h2-10,16H,11-12H2,1H3,(H,20,21)(H,22,24). The van der Waals surface area contributed by atoms with Crippen LogP contribution in [0.3, 0.4) is 0 Å². The molecule has 0 aliphatic rings. The number of rotatable bonds is 6. The van der Waals surface area contributed by atoms with Gasteiger partial charge < -0.3 is 19.8 Å². The molecule has 7 nitrogen and oxygen atoms in total. The number of esters is 1. The number of hydrogen-bond acceptors (Lipinski definition) is 5. The zero-order chi connectivity index (χ0) is 18.4. The molecule has 0 aliphatic carbocycles. The van der Waals surface area contributed by atoms with E-state index >= 15 is 0 Å². The van der Waals surface area contributed by atoms with Crippen molar-refractivity contribution >= 4 is 23.1 Å². The van der Waals surface area contributed by atoms with Crippen LogP contribution in [0.5, 0.6) is 0 Å². The number of benzene rings is 2. The van der Waals surface area contributed by atoms with Crippen LogP contribution in [-0.4, -0.2) is 35.2 Å². The summed E-state index contributed by atoms with van der Waals surface area (Å²) < 4.78 is 9.93. The smallest absolute Gasteiger partial charge is 0.408 e. The van der Waals surface area contributed by atoms with E-state index in [0.717, 1.165) is 16.6 Å². The molecule has 1 amide bonds. The highest BCUT2D eigenvalue weighted by atomic mass is 16.6. The van der Waals surface area contributed by atoms with Gasteiger partial charge in [-0.05, 0) is 17.7 Å². The van der Waals surface area contributed by atoms with Gasteiger partial charge in [0.15, 0.2) is 0 Å². The summed E-state index contributed by atoms with van der Waals surface area (Å²) in [5.74, 6) is 0.00655. The molecule has 3 aromatic rings. The van der Waals surface area contributed by atoms with E-state index in [4.69, 9.17) is 9.47 Å². The van der Waals surface area contributed by atoms with E-state index in [2.05, 4.69) is 15.3 Å². The van der Waals surface area contributed by atoms with Crippen molar-refractivity contribution in [3.8, 4) is 0 Å². The maximum absolute atomic E-state index is 12.0. The molecule has 0 radical (unpaired) electrons. The zero-order valence-electron chi connectivity index (χ0n) is 14.3. The van der Waals surface area contributed by atoms with Gasteiger partial charge in [-0.3, -0.25) is 0 Å². The van der Waals surface area contributed by atoms with Crippen molar-refractivity contribution in [1.82, 2.24) is 15.3 Å². The van der Waals surface area contributed by atoms with Gasteiger partial charge in [-0.15, -0.1) is 0 Å². The average Bonchev–Trinajstić information content (AvgIpc) is 3.08. The second-order valence-electron chi connectivity index (χ2n) is 5.69. The van der Waals surface area contributed by atoms with E-state index < -0.39 is 18.1 Å². The predicted molar refractivity (Wildman–Crippen MR) is 95.4 cm³/mol. The second-order valence-corrected chi connectivity index (χ2v) is 5.69. The van der Waals surface area contributed by atoms with Crippen LogP contribution in [0.1, 0.15) is 11.4 Å². The van der Waals surface area contributed by atoms with Crippen LogP contribution < -0.4 is 5.32 Å². The van der Waals surface area contributed by atoms with Crippen molar-refractivity contribution in [3.05, 3.63) is 66.0 Å². The monoisotopic (exact) mass is 353 g/mol. The molecule has 0 fully saturated rings. The lowest BCUT2D eigenvalue weighted by Gasteiger charge is -2.15. The van der Waals surface area contributed by atoms with Gasteiger partial charge in [0.2, 0.25) is 0 Å². The minimum atomic E-state index is -0.899. The van der Waals surface area contributed by atoms with Gasteiger partial charge in [0.1, 0.15) is 18.5 Å². The Balaban J connectivity index is 1.63. The molecule has 26 heavy (non-hydrogen) atoms. The van der Waals surface area contributed by atoms with Gasteiger partial charge in [0.25, 0.3) is 0 Å². The number of aromatic nitrogens is 2. The summed E-state index contributed by atoms with van der Waals surface area (Å²) in [7, 11) is 1.27. The Morgan fingerprint density at radius 2 is 1.85 bits per heavy atom. The maximum atomic E-state index is 12.0. The van der Waals surface area contributed by atoms with Gasteiger partial charge in [-0.2, -0.15) is 0 Å². The summed E-state index contributed by atoms with van der Waals surface area (Å²) in [4.78, 5) is 31.6. The van der Waals surface area contributed by atoms with Crippen LogP contribution in [-0.2, 0) is 27.3 Å². The van der Waals surface area contributed by atoms with Crippen molar-refractivity contribution in [2.75, 3.05) is 7.11 Å². The Kier molecular flexibility index (Phi) is 5.48. The molecule has 0 spiro atoms. The van der Waals surface area contributed by atoms with Gasteiger partial charge in [0.05, 0.1) is 18.1 Å². The third kappa shape index (κ3) is 4.38. The lowest BCUT2D eigenvalue weighted by molar-refractivity contribution is -0.143. The number of ether oxygens (including phenoxy) is 2. The summed E-state index contributed by atoms with van der Waals surface area (Å²) in [6, 6.07) is 15.9. The molecule has 0 saturated carbocycles. The number of H-pyrrole nitrogens is 1. The molecule has 3 rings (SSSR count). The number of aromatic amines is 1. The predicted octanol–water partition coefficient (Wildman–Crippen LogP) is 2.57. The Bertz CT molecular complexity index is 859.